The van der Waals surface area contributed by atoms with Crippen molar-refractivity contribution in [1.82, 2.24) is 0 Å². The Bertz CT molecular complexity index is 456. The third kappa shape index (κ3) is 3.94. The van der Waals surface area contributed by atoms with Crippen LogP contribution in [0.25, 0.3) is 0 Å². The first-order chi connectivity index (χ1) is 7.95. The van der Waals surface area contributed by atoms with Crippen molar-refractivity contribution in [1.29, 1.82) is 0 Å². The number of carbonyl (C=O) groups is 1. The Morgan fingerprint density at radius 3 is 2.72 bits per heavy atom. The molecule has 6 nitrogen and oxygen atoms in total. The fourth-order valence-electron chi connectivity index (χ4n) is 1.36. The summed E-state index contributed by atoms with van der Waals surface area (Å²) in [6.07, 6.45) is -0.249. The van der Waals surface area contributed by atoms with Crippen LogP contribution in [0.15, 0.2) is 18.2 Å². The number of nitro groups is 1. The first-order valence-corrected chi connectivity index (χ1v) is 4.72. The smallest absolute Gasteiger partial charge is 0.307 e. The maximum Gasteiger partial charge on any atom is 0.307 e. The Balaban J connectivity index is 0.00000289. The molecule has 1 aromatic rings. The number of ether oxygens (including phenoxy) is 1. The third-order valence-electron chi connectivity index (χ3n) is 2.20. The van der Waals surface area contributed by atoms with E-state index in [4.69, 9.17) is 5.73 Å². The van der Waals surface area contributed by atoms with Gasteiger partial charge in [0, 0.05) is 17.7 Å². The highest BCUT2D eigenvalue weighted by Crippen LogP contribution is 2.26. The first-order valence-electron chi connectivity index (χ1n) is 4.72. The van der Waals surface area contributed by atoms with Crippen molar-refractivity contribution in [2.24, 2.45) is 5.73 Å². The Kier molecular flexibility index (Phi) is 6.21. The van der Waals surface area contributed by atoms with Gasteiger partial charge in [0.25, 0.3) is 5.69 Å². The number of benzene rings is 1. The average molecular weight is 279 g/mol. The maximum atomic E-state index is 13.0. The summed E-state index contributed by atoms with van der Waals surface area (Å²) in [6, 6.07) is 1.96. The van der Waals surface area contributed by atoms with Crippen molar-refractivity contribution in [2.75, 3.05) is 7.11 Å². The van der Waals surface area contributed by atoms with Gasteiger partial charge in [-0.3, -0.25) is 14.9 Å². The van der Waals surface area contributed by atoms with Crippen molar-refractivity contribution in [3.8, 4) is 0 Å². The van der Waals surface area contributed by atoms with E-state index in [-0.39, 0.29) is 30.1 Å². The highest BCUT2D eigenvalue weighted by atomic mass is 35.5. The van der Waals surface area contributed by atoms with Gasteiger partial charge in [0.05, 0.1) is 18.5 Å². The number of carbonyl (C=O) groups excluding carboxylic acids is 1. The molecule has 0 saturated carbocycles. The number of halogens is 2. The molecule has 0 bridgehead atoms. The molecule has 0 heterocycles. The minimum absolute atomic E-state index is 0. The monoisotopic (exact) mass is 278 g/mol. The number of esters is 1. The van der Waals surface area contributed by atoms with Crippen molar-refractivity contribution in [3.05, 3.63) is 39.7 Å². The zero-order valence-electron chi connectivity index (χ0n) is 9.46. The molecule has 1 atom stereocenters. The topological polar surface area (TPSA) is 95.5 Å². The second-order valence-electron chi connectivity index (χ2n) is 3.35. The lowest BCUT2D eigenvalue weighted by molar-refractivity contribution is -0.385. The number of methoxy groups -OCH3 is 1. The number of nitro benzene ring substituents is 1. The van der Waals surface area contributed by atoms with Crippen molar-refractivity contribution in [2.45, 2.75) is 12.5 Å². The van der Waals surface area contributed by atoms with E-state index in [1.165, 1.54) is 7.11 Å². The van der Waals surface area contributed by atoms with E-state index in [1.54, 1.807) is 0 Å². The normalized spacial score (nSPS) is 11.3. The Morgan fingerprint density at radius 1 is 1.61 bits per heavy atom. The summed E-state index contributed by atoms with van der Waals surface area (Å²) in [7, 11) is 1.18. The molecular weight excluding hydrogens is 267 g/mol. The molecular formula is C10H12ClFN2O4. The molecule has 1 aromatic carbocycles. The summed E-state index contributed by atoms with van der Waals surface area (Å²) in [4.78, 5) is 21.0. The lowest BCUT2D eigenvalue weighted by atomic mass is 10.0. The van der Waals surface area contributed by atoms with Crippen LogP contribution in [0.3, 0.4) is 0 Å². The predicted molar refractivity (Wildman–Crippen MR) is 63.9 cm³/mol. The van der Waals surface area contributed by atoms with Crippen LogP contribution in [-0.4, -0.2) is 18.0 Å². The zero-order valence-corrected chi connectivity index (χ0v) is 10.3. The molecule has 0 aliphatic rings. The van der Waals surface area contributed by atoms with Crippen LogP contribution in [0.1, 0.15) is 18.0 Å². The molecule has 0 aliphatic heterocycles. The van der Waals surface area contributed by atoms with Crippen LogP contribution >= 0.6 is 12.4 Å². The number of rotatable bonds is 4. The third-order valence-corrected chi connectivity index (χ3v) is 2.20. The van der Waals surface area contributed by atoms with Gasteiger partial charge in [-0.25, -0.2) is 4.39 Å². The van der Waals surface area contributed by atoms with Crippen molar-refractivity contribution < 1.29 is 18.8 Å². The van der Waals surface area contributed by atoms with Gasteiger partial charge in [0.15, 0.2) is 0 Å². The van der Waals surface area contributed by atoms with Crippen LogP contribution in [0.5, 0.6) is 0 Å². The minimum atomic E-state index is -0.974. The molecule has 0 aromatic heterocycles. The molecule has 0 aliphatic carbocycles. The van der Waals surface area contributed by atoms with Crippen LogP contribution in [-0.2, 0) is 9.53 Å². The molecule has 0 unspecified atom stereocenters. The summed E-state index contributed by atoms with van der Waals surface area (Å²) in [5.74, 6) is -1.26. The van der Waals surface area contributed by atoms with Crippen LogP contribution in [0.2, 0.25) is 0 Å². The molecule has 8 heteroatoms. The largest absolute Gasteiger partial charge is 0.469 e. The summed E-state index contributed by atoms with van der Waals surface area (Å²) in [5, 5.41) is 10.7. The standard InChI is InChI=1S/C10H11FN2O4.ClH/c1-17-10(14)5-8(12)7-4-6(11)2-3-9(7)13(15)16;/h2-4,8H,5,12H2,1H3;1H/t8-;/m1./s1. The van der Waals surface area contributed by atoms with Gasteiger partial charge in [0.2, 0.25) is 0 Å². The van der Waals surface area contributed by atoms with Crippen LogP contribution in [0, 0.1) is 15.9 Å². The number of hydrogen-bond acceptors (Lipinski definition) is 5. The summed E-state index contributed by atoms with van der Waals surface area (Å²) < 4.78 is 17.4. The fourth-order valence-corrected chi connectivity index (χ4v) is 1.36. The summed E-state index contributed by atoms with van der Waals surface area (Å²) >= 11 is 0. The van der Waals surface area contributed by atoms with Crippen LogP contribution in [0.4, 0.5) is 10.1 Å². The Morgan fingerprint density at radius 2 is 2.22 bits per heavy atom. The second kappa shape index (κ2) is 6.87. The molecule has 0 radical (unpaired) electrons. The average Bonchev–Trinajstić information content (AvgIpc) is 2.28. The minimum Gasteiger partial charge on any atom is -0.469 e. The van der Waals surface area contributed by atoms with Gasteiger partial charge < -0.3 is 10.5 Å². The summed E-state index contributed by atoms with van der Waals surface area (Å²) in [6.45, 7) is 0. The molecule has 18 heavy (non-hydrogen) atoms. The second-order valence-corrected chi connectivity index (χ2v) is 3.35. The predicted octanol–water partition coefficient (Wildman–Crippen LogP) is 1.72. The van der Waals surface area contributed by atoms with Crippen LogP contribution < -0.4 is 5.73 Å². The van der Waals surface area contributed by atoms with E-state index < -0.39 is 22.8 Å². The van der Waals surface area contributed by atoms with Crippen molar-refractivity contribution in [3.63, 3.8) is 0 Å². The molecule has 0 fully saturated rings. The first kappa shape index (κ1) is 16.3. The fraction of sp³-hybridized carbons (Fsp3) is 0.300. The van der Waals surface area contributed by atoms with E-state index in [0.29, 0.717) is 0 Å². The molecule has 0 amide bonds. The van der Waals surface area contributed by atoms with E-state index in [0.717, 1.165) is 18.2 Å². The van der Waals surface area contributed by atoms with E-state index >= 15 is 0 Å². The molecule has 0 spiro atoms. The van der Waals surface area contributed by atoms with E-state index in [9.17, 15) is 19.3 Å². The van der Waals surface area contributed by atoms with Gasteiger partial charge in [-0.05, 0) is 12.1 Å². The highest BCUT2D eigenvalue weighted by molar-refractivity contribution is 5.85. The van der Waals surface area contributed by atoms with Crippen molar-refractivity contribution >= 4 is 24.1 Å². The lowest BCUT2D eigenvalue weighted by Gasteiger charge is -2.10. The van der Waals surface area contributed by atoms with E-state index in [2.05, 4.69) is 4.74 Å². The maximum absolute atomic E-state index is 13.0. The van der Waals surface area contributed by atoms with Gasteiger partial charge >= 0.3 is 5.97 Å². The number of nitrogens with two attached hydrogens (primary N) is 1. The van der Waals surface area contributed by atoms with Gasteiger partial charge in [-0.15, -0.1) is 12.4 Å². The lowest BCUT2D eigenvalue weighted by Crippen LogP contribution is -2.17. The zero-order chi connectivity index (χ0) is 13.0. The highest BCUT2D eigenvalue weighted by Gasteiger charge is 2.22. The Hall–Kier alpha value is -1.73. The van der Waals surface area contributed by atoms with Gasteiger partial charge in [0.1, 0.15) is 5.82 Å². The quantitative estimate of drug-likeness (QED) is 0.514. The SMILES string of the molecule is COC(=O)C[C@@H](N)c1cc(F)ccc1[N+](=O)[O-].Cl. The molecule has 1 rings (SSSR count). The number of nitrogens with zero attached hydrogens (tertiary/aromatic N) is 1. The molecule has 0 saturated heterocycles. The Labute approximate surface area is 108 Å². The van der Waals surface area contributed by atoms with Gasteiger partial charge in [-0.1, -0.05) is 0 Å². The van der Waals surface area contributed by atoms with Gasteiger partial charge in [-0.2, -0.15) is 0 Å². The molecule has 100 valence electrons. The van der Waals surface area contributed by atoms with E-state index in [1.807, 2.05) is 0 Å². The molecule has 2 N–H and O–H groups in total. The number of hydrogen-bond donors (Lipinski definition) is 1. The summed E-state index contributed by atoms with van der Waals surface area (Å²) in [5.41, 5.74) is 5.26.